The molecule has 4 heteroatoms. The predicted octanol–water partition coefficient (Wildman–Crippen LogP) is 3.26. The van der Waals surface area contributed by atoms with Crippen molar-refractivity contribution >= 4 is 38.5 Å². The van der Waals surface area contributed by atoms with Gasteiger partial charge in [0.2, 0.25) is 0 Å². The smallest absolute Gasteiger partial charge is 0.124 e. The normalized spacial score (nSPS) is 9.50. The van der Waals surface area contributed by atoms with Gasteiger partial charge in [-0.3, -0.25) is 0 Å². The molecule has 1 rings (SSSR count). The quantitative estimate of drug-likeness (QED) is 0.569. The number of benzene rings is 1. The number of halogens is 3. The molecule has 0 amide bonds. The van der Waals surface area contributed by atoms with Crippen LogP contribution in [0.5, 0.6) is 0 Å². The lowest BCUT2D eigenvalue weighted by atomic mass is 10.2. The van der Waals surface area contributed by atoms with Crippen LogP contribution in [-0.2, 0) is 6.42 Å². The molecule has 0 aliphatic rings. The van der Waals surface area contributed by atoms with E-state index < -0.39 is 0 Å². The van der Waals surface area contributed by atoms with Crippen LogP contribution in [0.15, 0.2) is 16.6 Å². The Balaban J connectivity index is 3.20. The molecule has 0 radical (unpaired) electrons. The van der Waals surface area contributed by atoms with Gasteiger partial charge in [0.15, 0.2) is 0 Å². The third kappa shape index (κ3) is 2.17. The Morgan fingerprint density at radius 2 is 2.25 bits per heavy atom. The summed E-state index contributed by atoms with van der Waals surface area (Å²) in [4.78, 5) is 0. The highest BCUT2D eigenvalue weighted by molar-refractivity contribution is 14.1. The van der Waals surface area contributed by atoms with E-state index in [1.165, 1.54) is 12.1 Å². The average molecular weight is 340 g/mol. The Morgan fingerprint density at radius 3 is 2.83 bits per heavy atom. The first kappa shape index (κ1) is 9.93. The van der Waals surface area contributed by atoms with Gasteiger partial charge < -0.3 is 0 Å². The Morgan fingerprint density at radius 1 is 1.58 bits per heavy atom. The molecule has 12 heavy (non-hydrogen) atoms. The molecule has 1 aromatic rings. The van der Waals surface area contributed by atoms with Crippen LogP contribution >= 0.6 is 38.5 Å². The first-order valence-corrected chi connectivity index (χ1v) is 5.02. The van der Waals surface area contributed by atoms with E-state index in [9.17, 15) is 4.39 Å². The van der Waals surface area contributed by atoms with Gasteiger partial charge in [-0.15, -0.1) is 0 Å². The SMILES string of the molecule is N#CCc1cc(F)cc(I)c1Br. The van der Waals surface area contributed by atoms with Crippen LogP contribution in [0.25, 0.3) is 0 Å². The van der Waals surface area contributed by atoms with E-state index in [1.54, 1.807) is 0 Å². The van der Waals surface area contributed by atoms with Crippen LogP contribution in [0.1, 0.15) is 5.56 Å². The summed E-state index contributed by atoms with van der Waals surface area (Å²) in [6, 6.07) is 4.77. The summed E-state index contributed by atoms with van der Waals surface area (Å²) in [5.74, 6) is -0.298. The summed E-state index contributed by atoms with van der Waals surface area (Å²) in [6.07, 6.45) is 0.231. The molecule has 0 atom stereocenters. The van der Waals surface area contributed by atoms with E-state index >= 15 is 0 Å². The van der Waals surface area contributed by atoms with Crippen LogP contribution in [0.2, 0.25) is 0 Å². The number of hydrogen-bond acceptors (Lipinski definition) is 1. The minimum Gasteiger partial charge on any atom is -0.207 e. The first-order valence-electron chi connectivity index (χ1n) is 3.15. The van der Waals surface area contributed by atoms with E-state index in [0.29, 0.717) is 5.56 Å². The van der Waals surface area contributed by atoms with Crippen molar-refractivity contribution in [3.8, 4) is 6.07 Å². The van der Waals surface area contributed by atoms with Crippen LogP contribution in [0.4, 0.5) is 4.39 Å². The third-order valence-electron chi connectivity index (χ3n) is 1.34. The van der Waals surface area contributed by atoms with E-state index in [-0.39, 0.29) is 12.2 Å². The van der Waals surface area contributed by atoms with Crippen molar-refractivity contribution in [2.75, 3.05) is 0 Å². The molecule has 1 nitrogen and oxygen atoms in total. The van der Waals surface area contributed by atoms with Crippen molar-refractivity contribution in [3.63, 3.8) is 0 Å². The lowest BCUT2D eigenvalue weighted by molar-refractivity contribution is 0.624. The molecule has 0 saturated heterocycles. The molecule has 0 saturated carbocycles. The van der Waals surface area contributed by atoms with Crippen molar-refractivity contribution < 1.29 is 4.39 Å². The van der Waals surface area contributed by atoms with Gasteiger partial charge in [-0.05, 0) is 56.2 Å². The number of hydrogen-bond donors (Lipinski definition) is 0. The maximum absolute atomic E-state index is 12.8. The maximum atomic E-state index is 12.8. The molecule has 0 spiro atoms. The number of rotatable bonds is 1. The van der Waals surface area contributed by atoms with Gasteiger partial charge >= 0.3 is 0 Å². The summed E-state index contributed by atoms with van der Waals surface area (Å²) in [5.41, 5.74) is 0.696. The molecule has 0 unspecified atom stereocenters. The average Bonchev–Trinajstić information content (AvgIpc) is 2.00. The van der Waals surface area contributed by atoms with Crippen molar-refractivity contribution in [2.24, 2.45) is 0 Å². The van der Waals surface area contributed by atoms with Gasteiger partial charge in [-0.2, -0.15) is 5.26 Å². The molecular weight excluding hydrogens is 336 g/mol. The highest BCUT2D eigenvalue weighted by Gasteiger charge is 2.05. The van der Waals surface area contributed by atoms with Crippen molar-refractivity contribution in [3.05, 3.63) is 31.6 Å². The van der Waals surface area contributed by atoms with Crippen LogP contribution in [-0.4, -0.2) is 0 Å². The Bertz CT molecular complexity index is 346. The minimum atomic E-state index is -0.298. The number of nitrogens with zero attached hydrogens (tertiary/aromatic N) is 1. The molecule has 0 aliphatic heterocycles. The second-order valence-electron chi connectivity index (χ2n) is 2.20. The molecule has 0 aliphatic carbocycles. The number of nitriles is 1. The molecule has 0 heterocycles. The topological polar surface area (TPSA) is 23.8 Å². The minimum absolute atomic E-state index is 0.231. The van der Waals surface area contributed by atoms with Crippen molar-refractivity contribution in [1.82, 2.24) is 0 Å². The summed E-state index contributed by atoms with van der Waals surface area (Å²) in [6.45, 7) is 0. The fourth-order valence-electron chi connectivity index (χ4n) is 0.823. The van der Waals surface area contributed by atoms with E-state index in [2.05, 4.69) is 15.9 Å². The Hall–Kier alpha value is -0.150. The monoisotopic (exact) mass is 339 g/mol. The third-order valence-corrected chi connectivity index (χ3v) is 3.87. The van der Waals surface area contributed by atoms with E-state index in [1.807, 2.05) is 28.7 Å². The highest BCUT2D eigenvalue weighted by atomic mass is 127. The van der Waals surface area contributed by atoms with Crippen LogP contribution in [0, 0.1) is 20.7 Å². The Labute approximate surface area is 91.8 Å². The molecule has 0 N–H and O–H groups in total. The van der Waals surface area contributed by atoms with Crippen LogP contribution in [0.3, 0.4) is 0 Å². The maximum Gasteiger partial charge on any atom is 0.124 e. The van der Waals surface area contributed by atoms with E-state index in [4.69, 9.17) is 5.26 Å². The van der Waals surface area contributed by atoms with E-state index in [0.717, 1.165) is 8.04 Å². The molecule has 0 fully saturated rings. The lowest BCUT2D eigenvalue weighted by Crippen LogP contribution is -1.89. The standard InChI is InChI=1S/C8H4BrFIN/c9-8-5(1-2-12)3-6(10)4-7(8)11/h3-4H,1H2. The summed E-state index contributed by atoms with van der Waals surface area (Å²) in [7, 11) is 0. The fraction of sp³-hybridized carbons (Fsp3) is 0.125. The van der Waals surface area contributed by atoms with Gasteiger partial charge in [0.1, 0.15) is 5.82 Å². The van der Waals surface area contributed by atoms with Gasteiger partial charge in [0.25, 0.3) is 0 Å². The zero-order valence-corrected chi connectivity index (χ0v) is 9.69. The molecular formula is C8H4BrFIN. The highest BCUT2D eigenvalue weighted by Crippen LogP contribution is 2.25. The van der Waals surface area contributed by atoms with Gasteiger partial charge in [0.05, 0.1) is 12.5 Å². The Kier molecular flexibility index (Phi) is 3.47. The molecule has 1 aromatic carbocycles. The molecule has 62 valence electrons. The van der Waals surface area contributed by atoms with Crippen LogP contribution < -0.4 is 0 Å². The van der Waals surface area contributed by atoms with Crippen molar-refractivity contribution in [1.29, 1.82) is 5.26 Å². The lowest BCUT2D eigenvalue weighted by Gasteiger charge is -2.01. The van der Waals surface area contributed by atoms with Gasteiger partial charge in [-0.25, -0.2) is 4.39 Å². The summed E-state index contributed by atoms with van der Waals surface area (Å²) >= 11 is 5.31. The summed E-state index contributed by atoms with van der Waals surface area (Å²) in [5, 5.41) is 8.43. The summed E-state index contributed by atoms with van der Waals surface area (Å²) < 4.78 is 14.4. The fourth-order valence-corrected chi connectivity index (χ4v) is 1.84. The molecule has 0 aromatic heterocycles. The first-order chi connectivity index (χ1) is 5.65. The second-order valence-corrected chi connectivity index (χ2v) is 4.15. The second kappa shape index (κ2) is 4.19. The zero-order valence-electron chi connectivity index (χ0n) is 5.94. The van der Waals surface area contributed by atoms with Gasteiger partial charge in [-0.1, -0.05) is 0 Å². The largest absolute Gasteiger partial charge is 0.207 e. The zero-order chi connectivity index (χ0) is 9.14. The van der Waals surface area contributed by atoms with Gasteiger partial charge in [0, 0.05) is 8.04 Å². The predicted molar refractivity (Wildman–Crippen MR) is 56.1 cm³/mol. The van der Waals surface area contributed by atoms with Crippen molar-refractivity contribution in [2.45, 2.75) is 6.42 Å². The molecule has 0 bridgehead atoms.